The molecular formula is C15H12F3NO3S. The molecular weight excluding hydrogens is 331 g/mol. The number of ketones is 1. The van der Waals surface area contributed by atoms with Gasteiger partial charge in [0, 0.05) is 11.8 Å². The van der Waals surface area contributed by atoms with Crippen molar-refractivity contribution >= 4 is 15.6 Å². The van der Waals surface area contributed by atoms with Gasteiger partial charge in [0.1, 0.15) is 6.07 Å². The number of rotatable bonds is 4. The highest BCUT2D eigenvalue weighted by Gasteiger charge is 2.33. The third kappa shape index (κ3) is 3.99. The van der Waals surface area contributed by atoms with Gasteiger partial charge >= 0.3 is 6.18 Å². The van der Waals surface area contributed by atoms with Gasteiger partial charge in [-0.1, -0.05) is 6.08 Å². The van der Waals surface area contributed by atoms with E-state index in [2.05, 4.69) is 0 Å². The summed E-state index contributed by atoms with van der Waals surface area (Å²) < 4.78 is 61.8. The van der Waals surface area contributed by atoms with Crippen LogP contribution in [0.25, 0.3) is 0 Å². The van der Waals surface area contributed by atoms with Crippen LogP contribution >= 0.6 is 0 Å². The number of allylic oxidation sites excluding steroid dienone is 2. The summed E-state index contributed by atoms with van der Waals surface area (Å²) in [6.07, 6.45) is -0.931. The minimum atomic E-state index is -4.73. The number of benzene rings is 1. The number of nitrogens with zero attached hydrogens (tertiary/aromatic N) is 1. The van der Waals surface area contributed by atoms with Crippen LogP contribution in [0.3, 0.4) is 0 Å². The number of halogens is 3. The summed E-state index contributed by atoms with van der Waals surface area (Å²) in [4.78, 5) is 11.6. The van der Waals surface area contributed by atoms with Crippen molar-refractivity contribution in [3.05, 3.63) is 41.0 Å². The fourth-order valence-corrected chi connectivity index (χ4v) is 2.90. The summed E-state index contributed by atoms with van der Waals surface area (Å²) in [5.41, 5.74) is -1.84. The molecule has 4 nitrogen and oxygen atoms in total. The molecule has 1 saturated carbocycles. The van der Waals surface area contributed by atoms with E-state index >= 15 is 0 Å². The predicted octanol–water partition coefficient (Wildman–Crippen LogP) is 3.15. The van der Waals surface area contributed by atoms with Crippen molar-refractivity contribution in [1.82, 2.24) is 0 Å². The smallest absolute Gasteiger partial charge is 0.288 e. The minimum absolute atomic E-state index is 0.0877. The standard InChI is InChI=1S/C15H12F3NO3S/c1-23(21,22)13-7-11(15(16,17)18)4-5-12(13)14(20)10(8-19)6-9-2-3-9/h4-7,9H,2-3H2,1H3. The first-order valence-electron chi connectivity index (χ1n) is 6.62. The normalized spacial score (nSPS) is 16.0. The second kappa shape index (κ2) is 5.81. The van der Waals surface area contributed by atoms with E-state index in [1.807, 2.05) is 0 Å². The van der Waals surface area contributed by atoms with Crippen molar-refractivity contribution in [2.75, 3.05) is 6.26 Å². The highest BCUT2D eigenvalue weighted by Crippen LogP contribution is 2.34. The molecule has 0 radical (unpaired) electrons. The van der Waals surface area contributed by atoms with Crippen molar-refractivity contribution in [2.45, 2.75) is 23.9 Å². The number of alkyl halides is 3. The molecule has 1 aliphatic rings. The molecule has 0 aromatic heterocycles. The summed E-state index contributed by atoms with van der Waals surface area (Å²) in [5.74, 6) is -0.793. The number of carbonyl (C=O) groups excluding carboxylic acids is 1. The Morgan fingerprint density at radius 1 is 1.35 bits per heavy atom. The van der Waals surface area contributed by atoms with Crippen molar-refractivity contribution < 1.29 is 26.4 Å². The number of nitriles is 1. The number of sulfone groups is 1. The Kier molecular flexibility index (Phi) is 4.35. The van der Waals surface area contributed by atoms with Crippen molar-refractivity contribution in [3.8, 4) is 6.07 Å². The molecule has 1 aliphatic carbocycles. The highest BCUT2D eigenvalue weighted by atomic mass is 32.2. The molecule has 1 fully saturated rings. The summed E-state index contributed by atoms with van der Waals surface area (Å²) >= 11 is 0. The lowest BCUT2D eigenvalue weighted by molar-refractivity contribution is -0.137. The first-order chi connectivity index (χ1) is 10.5. The highest BCUT2D eigenvalue weighted by molar-refractivity contribution is 7.90. The van der Waals surface area contributed by atoms with E-state index in [-0.39, 0.29) is 11.5 Å². The molecule has 2 rings (SSSR count). The van der Waals surface area contributed by atoms with Crippen molar-refractivity contribution in [1.29, 1.82) is 5.26 Å². The SMILES string of the molecule is CS(=O)(=O)c1cc(C(F)(F)F)ccc1C(=O)C(C#N)=CC1CC1. The fraction of sp³-hybridized carbons (Fsp3) is 0.333. The molecule has 0 atom stereocenters. The molecule has 1 aromatic rings. The zero-order chi connectivity index (χ0) is 17.4. The quantitative estimate of drug-likeness (QED) is 0.478. The predicted molar refractivity (Wildman–Crippen MR) is 75.3 cm³/mol. The first kappa shape index (κ1) is 17.2. The first-order valence-corrected chi connectivity index (χ1v) is 8.51. The number of Topliss-reactive ketones (excluding diaryl/α,β-unsaturated/α-hetero) is 1. The van der Waals surface area contributed by atoms with E-state index in [9.17, 15) is 26.4 Å². The van der Waals surface area contributed by atoms with E-state index in [0.717, 1.165) is 25.2 Å². The molecule has 0 amide bonds. The van der Waals surface area contributed by atoms with Crippen LogP contribution in [0.15, 0.2) is 34.7 Å². The van der Waals surface area contributed by atoms with Crippen molar-refractivity contribution in [3.63, 3.8) is 0 Å². The van der Waals surface area contributed by atoms with Gasteiger partial charge in [0.25, 0.3) is 0 Å². The summed E-state index contributed by atoms with van der Waals surface area (Å²) in [5, 5.41) is 9.04. The van der Waals surface area contributed by atoms with Crippen LogP contribution in [0.1, 0.15) is 28.8 Å². The zero-order valence-electron chi connectivity index (χ0n) is 12.0. The maximum atomic E-state index is 12.8. The van der Waals surface area contributed by atoms with E-state index in [1.54, 1.807) is 6.07 Å². The third-order valence-electron chi connectivity index (χ3n) is 3.34. The van der Waals surface area contributed by atoms with Crippen LogP contribution < -0.4 is 0 Å². The lowest BCUT2D eigenvalue weighted by atomic mass is 10.0. The molecule has 0 spiro atoms. The Balaban J connectivity index is 2.58. The van der Waals surface area contributed by atoms with E-state index in [0.29, 0.717) is 12.1 Å². The molecule has 122 valence electrons. The fourth-order valence-electron chi connectivity index (χ4n) is 2.00. The summed E-state index contributed by atoms with van der Waals surface area (Å²) in [6.45, 7) is 0. The number of hydrogen-bond acceptors (Lipinski definition) is 4. The van der Waals surface area contributed by atoms with Gasteiger partial charge in [-0.3, -0.25) is 4.79 Å². The van der Waals surface area contributed by atoms with Gasteiger partial charge in [-0.15, -0.1) is 0 Å². The van der Waals surface area contributed by atoms with Gasteiger partial charge in [-0.25, -0.2) is 8.42 Å². The summed E-state index contributed by atoms with van der Waals surface area (Å²) in [7, 11) is -4.07. The van der Waals surface area contributed by atoms with Crippen LogP contribution in [-0.2, 0) is 16.0 Å². The maximum Gasteiger partial charge on any atom is 0.416 e. The van der Waals surface area contributed by atoms with E-state index < -0.39 is 37.8 Å². The Labute approximate surface area is 131 Å². The van der Waals surface area contributed by atoms with Gasteiger partial charge in [0.2, 0.25) is 5.78 Å². The Morgan fingerprint density at radius 2 is 1.96 bits per heavy atom. The molecule has 23 heavy (non-hydrogen) atoms. The molecule has 0 saturated heterocycles. The van der Waals surface area contributed by atoms with Gasteiger partial charge in [-0.05, 0) is 37.0 Å². The van der Waals surface area contributed by atoms with Gasteiger partial charge in [0.15, 0.2) is 9.84 Å². The van der Waals surface area contributed by atoms with E-state index in [4.69, 9.17) is 5.26 Å². The maximum absolute atomic E-state index is 12.8. The molecule has 0 heterocycles. The van der Waals surface area contributed by atoms with E-state index in [1.165, 1.54) is 6.08 Å². The zero-order valence-corrected chi connectivity index (χ0v) is 12.8. The second-order valence-corrected chi connectivity index (χ2v) is 7.32. The molecule has 0 N–H and O–H groups in total. The Hall–Kier alpha value is -2.14. The second-order valence-electron chi connectivity index (χ2n) is 5.34. The van der Waals surface area contributed by atoms with Crippen LogP contribution in [-0.4, -0.2) is 20.5 Å². The summed E-state index contributed by atoms with van der Waals surface area (Å²) in [6, 6.07) is 3.55. The minimum Gasteiger partial charge on any atom is -0.288 e. The molecule has 8 heteroatoms. The largest absolute Gasteiger partial charge is 0.416 e. The van der Waals surface area contributed by atoms with Gasteiger partial charge in [-0.2, -0.15) is 18.4 Å². The van der Waals surface area contributed by atoms with Crippen LogP contribution in [0, 0.1) is 17.2 Å². The molecule has 0 aliphatic heterocycles. The molecule has 0 bridgehead atoms. The topological polar surface area (TPSA) is 75.0 Å². The lowest BCUT2D eigenvalue weighted by Crippen LogP contribution is -2.13. The average molecular weight is 343 g/mol. The number of hydrogen-bond donors (Lipinski definition) is 0. The monoisotopic (exact) mass is 343 g/mol. The average Bonchev–Trinajstić information content (AvgIpc) is 3.25. The Bertz CT molecular complexity index is 829. The van der Waals surface area contributed by atoms with Gasteiger partial charge in [0.05, 0.1) is 16.0 Å². The van der Waals surface area contributed by atoms with Gasteiger partial charge < -0.3 is 0 Å². The number of carbonyl (C=O) groups is 1. The van der Waals surface area contributed by atoms with Crippen LogP contribution in [0.4, 0.5) is 13.2 Å². The molecule has 1 aromatic carbocycles. The van der Waals surface area contributed by atoms with Crippen LogP contribution in [0.2, 0.25) is 0 Å². The lowest BCUT2D eigenvalue weighted by Gasteiger charge is -2.11. The third-order valence-corrected chi connectivity index (χ3v) is 4.48. The molecule has 0 unspecified atom stereocenters. The van der Waals surface area contributed by atoms with Crippen LogP contribution in [0.5, 0.6) is 0 Å². The van der Waals surface area contributed by atoms with Crippen molar-refractivity contribution in [2.24, 2.45) is 5.92 Å². The Morgan fingerprint density at radius 3 is 2.39 bits per heavy atom.